The highest BCUT2D eigenvalue weighted by Gasteiger charge is 2.32. The van der Waals surface area contributed by atoms with Crippen LogP contribution in [0.2, 0.25) is 0 Å². The number of pyridine rings is 1. The molecule has 1 fully saturated rings. The minimum absolute atomic E-state index is 0.220. The quantitative estimate of drug-likeness (QED) is 0.877. The molecule has 94 valence electrons. The lowest BCUT2D eigenvalue weighted by Crippen LogP contribution is -2.31. The van der Waals surface area contributed by atoms with Crippen molar-refractivity contribution >= 4 is 10.8 Å². The first-order valence-electron chi connectivity index (χ1n) is 6.63. The van der Waals surface area contributed by atoms with E-state index in [1.165, 1.54) is 16.3 Å². The molecule has 0 bridgehead atoms. The third-order valence-electron chi connectivity index (χ3n) is 3.97. The maximum absolute atomic E-state index is 6.30. The van der Waals surface area contributed by atoms with E-state index in [1.54, 1.807) is 0 Å². The van der Waals surface area contributed by atoms with E-state index in [0.29, 0.717) is 6.04 Å². The number of likely N-dealkylation sites (tertiary alicyclic amines) is 1. The predicted octanol–water partition coefficient (Wildman–Crippen LogP) is 2.33. The van der Waals surface area contributed by atoms with Crippen molar-refractivity contribution < 1.29 is 0 Å². The van der Waals surface area contributed by atoms with Crippen LogP contribution in [0.4, 0.5) is 0 Å². The second-order valence-corrected chi connectivity index (χ2v) is 4.98. The third kappa shape index (κ3) is 1.80. The standard InChI is InChI=1S/C15H19N3/c1-2-18-8-7-14(16)15(18)13-10-17-9-11-5-3-4-6-12(11)13/h3-6,9-10,14-15H,2,7-8,16H2,1H3. The van der Waals surface area contributed by atoms with Crippen LogP contribution in [0.15, 0.2) is 36.7 Å². The van der Waals surface area contributed by atoms with Gasteiger partial charge in [-0.15, -0.1) is 0 Å². The molecule has 18 heavy (non-hydrogen) atoms. The number of fused-ring (bicyclic) bond motifs is 1. The number of nitrogens with two attached hydrogens (primary N) is 1. The molecule has 2 N–H and O–H groups in total. The number of hydrogen-bond donors (Lipinski definition) is 1. The largest absolute Gasteiger partial charge is 0.326 e. The van der Waals surface area contributed by atoms with Gasteiger partial charge in [-0.2, -0.15) is 0 Å². The number of hydrogen-bond acceptors (Lipinski definition) is 3. The summed E-state index contributed by atoms with van der Waals surface area (Å²) in [5.41, 5.74) is 7.58. The lowest BCUT2D eigenvalue weighted by Gasteiger charge is -2.26. The van der Waals surface area contributed by atoms with E-state index in [4.69, 9.17) is 5.73 Å². The second-order valence-electron chi connectivity index (χ2n) is 4.98. The molecule has 1 aliphatic heterocycles. The molecule has 1 aromatic carbocycles. The first-order valence-corrected chi connectivity index (χ1v) is 6.63. The Morgan fingerprint density at radius 3 is 3.00 bits per heavy atom. The summed E-state index contributed by atoms with van der Waals surface area (Å²) in [4.78, 5) is 6.83. The maximum atomic E-state index is 6.30. The van der Waals surface area contributed by atoms with Gasteiger partial charge in [-0.1, -0.05) is 31.2 Å². The average Bonchev–Trinajstić information content (AvgIpc) is 2.79. The highest BCUT2D eigenvalue weighted by Crippen LogP contribution is 2.34. The predicted molar refractivity (Wildman–Crippen MR) is 74.3 cm³/mol. The summed E-state index contributed by atoms with van der Waals surface area (Å²) >= 11 is 0. The molecule has 3 heteroatoms. The van der Waals surface area contributed by atoms with Crippen LogP contribution in [0.5, 0.6) is 0 Å². The van der Waals surface area contributed by atoms with E-state index in [-0.39, 0.29) is 6.04 Å². The molecular formula is C15H19N3. The Morgan fingerprint density at radius 1 is 1.33 bits per heavy atom. The van der Waals surface area contributed by atoms with Crippen molar-refractivity contribution in [1.82, 2.24) is 9.88 Å². The van der Waals surface area contributed by atoms with E-state index in [9.17, 15) is 0 Å². The lowest BCUT2D eigenvalue weighted by atomic mass is 9.97. The molecule has 0 aliphatic carbocycles. The van der Waals surface area contributed by atoms with Crippen molar-refractivity contribution in [3.8, 4) is 0 Å². The second kappa shape index (κ2) is 4.67. The Labute approximate surface area is 108 Å². The van der Waals surface area contributed by atoms with Crippen LogP contribution in [-0.2, 0) is 0 Å². The molecule has 2 heterocycles. The van der Waals surface area contributed by atoms with Gasteiger partial charge in [-0.3, -0.25) is 9.88 Å². The van der Waals surface area contributed by atoms with Gasteiger partial charge in [0.2, 0.25) is 0 Å². The topological polar surface area (TPSA) is 42.1 Å². The summed E-state index contributed by atoms with van der Waals surface area (Å²) in [6.45, 7) is 4.33. The minimum atomic E-state index is 0.220. The number of aromatic nitrogens is 1. The first kappa shape index (κ1) is 11.6. The van der Waals surface area contributed by atoms with Crippen LogP contribution in [-0.4, -0.2) is 29.0 Å². The van der Waals surface area contributed by atoms with E-state index >= 15 is 0 Å². The number of benzene rings is 1. The molecule has 0 saturated carbocycles. The summed E-state index contributed by atoms with van der Waals surface area (Å²) in [6, 6.07) is 8.96. The van der Waals surface area contributed by atoms with Crippen LogP contribution in [0.25, 0.3) is 10.8 Å². The van der Waals surface area contributed by atoms with Crippen LogP contribution >= 0.6 is 0 Å². The molecule has 3 rings (SSSR count). The van der Waals surface area contributed by atoms with Crippen molar-refractivity contribution in [3.05, 3.63) is 42.2 Å². The summed E-state index contributed by atoms with van der Waals surface area (Å²) in [5, 5.41) is 2.48. The smallest absolute Gasteiger partial charge is 0.0520 e. The molecular weight excluding hydrogens is 222 g/mol. The Kier molecular flexibility index (Phi) is 3.02. The Bertz CT molecular complexity index is 547. The summed E-state index contributed by atoms with van der Waals surface area (Å²) in [7, 11) is 0. The zero-order valence-corrected chi connectivity index (χ0v) is 10.7. The zero-order valence-electron chi connectivity index (χ0n) is 10.7. The van der Waals surface area contributed by atoms with Gasteiger partial charge in [0.1, 0.15) is 0 Å². The van der Waals surface area contributed by atoms with E-state index in [2.05, 4.69) is 41.1 Å². The normalized spacial score (nSPS) is 24.8. The minimum Gasteiger partial charge on any atom is -0.326 e. The molecule has 2 aromatic rings. The van der Waals surface area contributed by atoms with Crippen molar-refractivity contribution in [2.45, 2.75) is 25.4 Å². The Morgan fingerprint density at radius 2 is 2.17 bits per heavy atom. The monoisotopic (exact) mass is 241 g/mol. The van der Waals surface area contributed by atoms with Crippen LogP contribution < -0.4 is 5.73 Å². The van der Waals surface area contributed by atoms with Crippen LogP contribution in [0.3, 0.4) is 0 Å². The molecule has 1 aliphatic rings. The first-order chi connectivity index (χ1) is 8.81. The fourth-order valence-corrected chi connectivity index (χ4v) is 3.04. The lowest BCUT2D eigenvalue weighted by molar-refractivity contribution is 0.262. The van der Waals surface area contributed by atoms with Gasteiger partial charge in [0.25, 0.3) is 0 Å². The third-order valence-corrected chi connectivity index (χ3v) is 3.97. The average molecular weight is 241 g/mol. The van der Waals surface area contributed by atoms with Gasteiger partial charge in [0.15, 0.2) is 0 Å². The van der Waals surface area contributed by atoms with Crippen molar-refractivity contribution in [2.75, 3.05) is 13.1 Å². The van der Waals surface area contributed by atoms with E-state index in [0.717, 1.165) is 19.5 Å². The Hall–Kier alpha value is -1.45. The molecule has 0 amide bonds. The molecule has 1 saturated heterocycles. The van der Waals surface area contributed by atoms with Crippen molar-refractivity contribution in [1.29, 1.82) is 0 Å². The fraction of sp³-hybridized carbons (Fsp3) is 0.400. The van der Waals surface area contributed by atoms with Crippen LogP contribution in [0.1, 0.15) is 24.9 Å². The summed E-state index contributed by atoms with van der Waals surface area (Å²) < 4.78 is 0. The van der Waals surface area contributed by atoms with Crippen molar-refractivity contribution in [2.24, 2.45) is 5.73 Å². The highest BCUT2D eigenvalue weighted by atomic mass is 15.2. The molecule has 0 radical (unpaired) electrons. The zero-order chi connectivity index (χ0) is 12.5. The van der Waals surface area contributed by atoms with Gasteiger partial charge < -0.3 is 5.73 Å². The van der Waals surface area contributed by atoms with Crippen LogP contribution in [0, 0.1) is 0 Å². The highest BCUT2D eigenvalue weighted by molar-refractivity contribution is 5.85. The summed E-state index contributed by atoms with van der Waals surface area (Å²) in [5.74, 6) is 0. The number of likely N-dealkylation sites (N-methyl/N-ethyl adjacent to an activating group) is 1. The molecule has 3 nitrogen and oxygen atoms in total. The van der Waals surface area contributed by atoms with Gasteiger partial charge >= 0.3 is 0 Å². The maximum Gasteiger partial charge on any atom is 0.0520 e. The van der Waals surface area contributed by atoms with Crippen molar-refractivity contribution in [3.63, 3.8) is 0 Å². The molecule has 1 aromatic heterocycles. The van der Waals surface area contributed by atoms with Gasteiger partial charge in [0, 0.05) is 30.4 Å². The van der Waals surface area contributed by atoms with Gasteiger partial charge in [0.05, 0.1) is 6.04 Å². The van der Waals surface area contributed by atoms with Gasteiger partial charge in [-0.25, -0.2) is 0 Å². The SMILES string of the molecule is CCN1CCC(N)C1c1cncc2ccccc12. The van der Waals surface area contributed by atoms with E-state index in [1.807, 2.05) is 12.4 Å². The number of rotatable bonds is 2. The Balaban J connectivity index is 2.13. The summed E-state index contributed by atoms with van der Waals surface area (Å²) in [6.07, 6.45) is 4.98. The fourth-order valence-electron chi connectivity index (χ4n) is 3.04. The molecule has 2 atom stereocenters. The van der Waals surface area contributed by atoms with E-state index < -0.39 is 0 Å². The molecule has 0 spiro atoms. The number of nitrogens with zero attached hydrogens (tertiary/aromatic N) is 2. The molecule has 2 unspecified atom stereocenters. The van der Waals surface area contributed by atoms with Gasteiger partial charge in [-0.05, 0) is 23.9 Å².